The lowest BCUT2D eigenvalue weighted by Crippen LogP contribution is -2.11. The zero-order valence-electron chi connectivity index (χ0n) is 16.5. The van der Waals surface area contributed by atoms with Gasteiger partial charge >= 0.3 is 0 Å². The second kappa shape index (κ2) is 7.72. The van der Waals surface area contributed by atoms with E-state index in [9.17, 15) is 14.0 Å². The molecule has 2 aromatic carbocycles. The number of hydrogen-bond acceptors (Lipinski definition) is 5. The number of fused-ring (bicyclic) bond motifs is 1. The van der Waals surface area contributed by atoms with Gasteiger partial charge in [-0.1, -0.05) is 18.2 Å². The third kappa shape index (κ3) is 3.69. The fourth-order valence-electron chi connectivity index (χ4n) is 3.21. The molecule has 2 N–H and O–H groups in total. The third-order valence-corrected chi connectivity index (χ3v) is 5.41. The molecule has 0 saturated heterocycles. The summed E-state index contributed by atoms with van der Waals surface area (Å²) in [6, 6.07) is 10.1. The molecule has 30 heavy (non-hydrogen) atoms. The number of furan rings is 1. The van der Waals surface area contributed by atoms with Gasteiger partial charge in [0.1, 0.15) is 11.4 Å². The van der Waals surface area contributed by atoms with Gasteiger partial charge in [-0.05, 0) is 37.6 Å². The lowest BCUT2D eigenvalue weighted by Gasteiger charge is -2.05. The summed E-state index contributed by atoms with van der Waals surface area (Å²) in [4.78, 5) is 28.1. The number of hydrogen-bond donors (Lipinski definition) is 2. The van der Waals surface area contributed by atoms with E-state index in [1.807, 2.05) is 32.0 Å². The lowest BCUT2D eigenvalue weighted by atomic mass is 10.1. The Balaban J connectivity index is 1.57. The summed E-state index contributed by atoms with van der Waals surface area (Å²) in [5.41, 5.74) is 3.41. The topological polar surface area (TPSA) is 84.2 Å². The fourth-order valence-corrected chi connectivity index (χ4v) is 3.92. The Morgan fingerprint density at radius 1 is 1.13 bits per heavy atom. The van der Waals surface area contributed by atoms with Crippen LogP contribution in [0.3, 0.4) is 0 Å². The van der Waals surface area contributed by atoms with Crippen LogP contribution < -0.4 is 10.6 Å². The predicted molar refractivity (Wildman–Crippen MR) is 115 cm³/mol. The first kappa shape index (κ1) is 19.8. The van der Waals surface area contributed by atoms with E-state index in [-0.39, 0.29) is 17.2 Å². The first-order valence-electron chi connectivity index (χ1n) is 9.16. The highest BCUT2D eigenvalue weighted by Gasteiger charge is 2.20. The molecule has 0 unspecified atom stereocenters. The molecule has 8 heteroatoms. The second-order valence-corrected chi connectivity index (χ2v) is 7.73. The minimum Gasteiger partial charge on any atom is -0.450 e. The van der Waals surface area contributed by atoms with E-state index in [4.69, 9.17) is 4.42 Å². The fraction of sp³-hybridized carbons (Fsp3) is 0.136. The highest BCUT2D eigenvalue weighted by atomic mass is 32.1. The van der Waals surface area contributed by atoms with Crippen molar-refractivity contribution in [2.75, 3.05) is 10.6 Å². The molecule has 0 fully saturated rings. The average molecular weight is 423 g/mol. The van der Waals surface area contributed by atoms with Crippen molar-refractivity contribution in [2.24, 2.45) is 0 Å². The molecule has 0 aliphatic heterocycles. The number of carbonyl (C=O) groups excluding carboxylic acids is 2. The van der Waals surface area contributed by atoms with Gasteiger partial charge in [0.2, 0.25) is 5.91 Å². The SMILES string of the molecule is CC(=O)Nc1ccc(-c2csc(NC(=O)c3oc4c(C)cccc4c3C)n2)c(F)c1. The van der Waals surface area contributed by atoms with Crippen LogP contribution in [-0.4, -0.2) is 16.8 Å². The number of nitrogens with zero attached hydrogens (tertiary/aromatic N) is 1. The van der Waals surface area contributed by atoms with E-state index < -0.39 is 11.7 Å². The molecule has 4 aromatic rings. The van der Waals surface area contributed by atoms with Gasteiger partial charge in [-0.25, -0.2) is 9.37 Å². The van der Waals surface area contributed by atoms with Gasteiger partial charge in [0.15, 0.2) is 10.9 Å². The van der Waals surface area contributed by atoms with E-state index in [0.717, 1.165) is 16.5 Å². The van der Waals surface area contributed by atoms with Gasteiger partial charge in [0, 0.05) is 34.5 Å². The van der Waals surface area contributed by atoms with E-state index in [1.165, 1.54) is 30.4 Å². The molecule has 0 atom stereocenters. The number of para-hydroxylation sites is 1. The zero-order chi connectivity index (χ0) is 21.4. The molecular formula is C22H18FN3O3S. The molecule has 0 saturated carbocycles. The summed E-state index contributed by atoms with van der Waals surface area (Å²) in [6.45, 7) is 5.11. The van der Waals surface area contributed by atoms with Crippen molar-refractivity contribution in [2.45, 2.75) is 20.8 Å². The molecule has 0 aliphatic carbocycles. The Hall–Kier alpha value is -3.52. The van der Waals surface area contributed by atoms with Crippen molar-refractivity contribution in [1.82, 2.24) is 4.98 Å². The number of halogens is 1. The molecule has 0 bridgehead atoms. The summed E-state index contributed by atoms with van der Waals surface area (Å²) >= 11 is 1.19. The summed E-state index contributed by atoms with van der Waals surface area (Å²) in [5.74, 6) is -0.989. The van der Waals surface area contributed by atoms with Crippen molar-refractivity contribution in [3.8, 4) is 11.3 Å². The number of nitrogens with one attached hydrogen (secondary N) is 2. The summed E-state index contributed by atoms with van der Waals surface area (Å²) < 4.78 is 20.2. The Kier molecular flexibility index (Phi) is 5.09. The van der Waals surface area contributed by atoms with Gasteiger partial charge in [-0.15, -0.1) is 11.3 Å². The van der Waals surface area contributed by atoms with E-state index in [0.29, 0.717) is 22.1 Å². The highest BCUT2D eigenvalue weighted by molar-refractivity contribution is 7.14. The minimum absolute atomic E-state index is 0.224. The van der Waals surface area contributed by atoms with Crippen LogP contribution in [0.5, 0.6) is 0 Å². The highest BCUT2D eigenvalue weighted by Crippen LogP contribution is 2.31. The van der Waals surface area contributed by atoms with Gasteiger partial charge < -0.3 is 9.73 Å². The van der Waals surface area contributed by atoms with Crippen LogP contribution in [0.2, 0.25) is 0 Å². The van der Waals surface area contributed by atoms with Crippen LogP contribution in [0.25, 0.3) is 22.2 Å². The maximum absolute atomic E-state index is 14.4. The van der Waals surface area contributed by atoms with Crippen molar-refractivity contribution < 1.29 is 18.4 Å². The van der Waals surface area contributed by atoms with Gasteiger partial charge in [-0.3, -0.25) is 14.9 Å². The van der Waals surface area contributed by atoms with Crippen LogP contribution in [0.4, 0.5) is 15.2 Å². The van der Waals surface area contributed by atoms with E-state index in [2.05, 4.69) is 15.6 Å². The standard InChI is InChI=1S/C22H18FN3O3S/c1-11-5-4-6-15-12(2)20(29-19(11)15)21(28)26-22-25-18(10-30-22)16-8-7-14(9-17(16)23)24-13(3)27/h4-10H,1-3H3,(H,24,27)(H,25,26,28). The van der Waals surface area contributed by atoms with Crippen molar-refractivity contribution in [3.63, 3.8) is 0 Å². The largest absolute Gasteiger partial charge is 0.450 e. The number of benzene rings is 2. The Bertz CT molecular complexity index is 1290. The smallest absolute Gasteiger partial charge is 0.293 e. The first-order chi connectivity index (χ1) is 14.3. The molecule has 2 aromatic heterocycles. The monoisotopic (exact) mass is 423 g/mol. The van der Waals surface area contributed by atoms with Crippen molar-refractivity contribution in [1.29, 1.82) is 0 Å². The molecule has 0 aliphatic rings. The molecule has 2 amide bonds. The number of aromatic nitrogens is 1. The molecule has 4 rings (SSSR count). The van der Waals surface area contributed by atoms with Crippen molar-refractivity contribution >= 4 is 44.9 Å². The summed E-state index contributed by atoms with van der Waals surface area (Å²) in [5, 5.41) is 8.13. The molecule has 2 heterocycles. The van der Waals surface area contributed by atoms with Crippen molar-refractivity contribution in [3.05, 3.63) is 64.5 Å². The summed E-state index contributed by atoms with van der Waals surface area (Å²) in [7, 11) is 0. The Labute approximate surface area is 175 Å². The third-order valence-electron chi connectivity index (χ3n) is 4.66. The van der Waals surface area contributed by atoms with Crippen LogP contribution in [0.1, 0.15) is 28.6 Å². The van der Waals surface area contributed by atoms with Gasteiger partial charge in [0.25, 0.3) is 5.91 Å². The first-order valence-corrected chi connectivity index (χ1v) is 10.0. The number of anilines is 2. The average Bonchev–Trinajstić information content (AvgIpc) is 3.27. The number of rotatable bonds is 4. The van der Waals surface area contributed by atoms with Gasteiger partial charge in [-0.2, -0.15) is 0 Å². The van der Waals surface area contributed by atoms with Crippen LogP contribution in [0.15, 0.2) is 46.2 Å². The lowest BCUT2D eigenvalue weighted by molar-refractivity contribution is -0.114. The molecule has 152 valence electrons. The predicted octanol–water partition coefficient (Wildman–Crippen LogP) is 5.52. The second-order valence-electron chi connectivity index (χ2n) is 6.88. The number of aryl methyl sites for hydroxylation is 2. The Morgan fingerprint density at radius 2 is 1.93 bits per heavy atom. The molecule has 0 radical (unpaired) electrons. The van der Waals surface area contributed by atoms with Crippen LogP contribution >= 0.6 is 11.3 Å². The number of carbonyl (C=O) groups is 2. The van der Waals surface area contributed by atoms with E-state index >= 15 is 0 Å². The van der Waals surface area contributed by atoms with Crippen LogP contribution in [0, 0.1) is 19.7 Å². The molecule has 6 nitrogen and oxygen atoms in total. The Morgan fingerprint density at radius 3 is 2.63 bits per heavy atom. The maximum atomic E-state index is 14.4. The van der Waals surface area contributed by atoms with Gasteiger partial charge in [0.05, 0.1) is 5.69 Å². The van der Waals surface area contributed by atoms with Crippen LogP contribution in [-0.2, 0) is 4.79 Å². The maximum Gasteiger partial charge on any atom is 0.293 e. The summed E-state index contributed by atoms with van der Waals surface area (Å²) in [6.07, 6.45) is 0. The normalized spacial score (nSPS) is 10.9. The van der Waals surface area contributed by atoms with E-state index in [1.54, 1.807) is 11.4 Å². The number of amides is 2. The number of thiazole rings is 1. The minimum atomic E-state index is -0.520. The quantitative estimate of drug-likeness (QED) is 0.452. The molecular weight excluding hydrogens is 405 g/mol. The zero-order valence-corrected chi connectivity index (χ0v) is 17.3. The molecule has 0 spiro atoms.